The van der Waals surface area contributed by atoms with Crippen LogP contribution in [0, 0.1) is 0 Å². The van der Waals surface area contributed by atoms with Crippen LogP contribution in [0.15, 0.2) is 66.2 Å². The number of benzene rings is 1. The summed E-state index contributed by atoms with van der Waals surface area (Å²) in [5, 5.41) is 6.90. The first-order valence-electron chi connectivity index (χ1n) is 8.26. The zero-order valence-corrected chi connectivity index (χ0v) is 15.2. The van der Waals surface area contributed by atoms with Crippen LogP contribution in [0.1, 0.15) is 0 Å². The van der Waals surface area contributed by atoms with Crippen LogP contribution in [0.5, 0.6) is 0 Å². The average molecular weight is 400 g/mol. The van der Waals surface area contributed by atoms with E-state index in [1.54, 1.807) is 59.5 Å². The minimum atomic E-state index is -2.63. The van der Waals surface area contributed by atoms with Crippen molar-refractivity contribution in [1.82, 2.24) is 24.3 Å². The number of rotatable bonds is 6. The summed E-state index contributed by atoms with van der Waals surface area (Å²) < 4.78 is 28.8. The topological polar surface area (TPSA) is 77.6 Å². The van der Waals surface area contributed by atoms with E-state index in [2.05, 4.69) is 20.4 Å². The van der Waals surface area contributed by atoms with Crippen LogP contribution in [0.4, 0.5) is 14.5 Å². The van der Waals surface area contributed by atoms with Crippen molar-refractivity contribution in [3.8, 4) is 5.82 Å². The summed E-state index contributed by atoms with van der Waals surface area (Å²) in [5.74, 6) is -2.38. The number of nitrogens with one attached hydrogen (secondary N) is 1. The molecule has 10 heteroatoms. The molecule has 0 saturated carbocycles. The van der Waals surface area contributed by atoms with Crippen LogP contribution in [-0.2, 0) is 11.3 Å². The molecule has 0 aliphatic heterocycles. The lowest BCUT2D eigenvalue weighted by atomic mass is 10.3. The molecule has 0 fully saturated rings. The van der Waals surface area contributed by atoms with Crippen LogP contribution in [0.25, 0.3) is 16.9 Å². The lowest BCUT2D eigenvalue weighted by Crippen LogP contribution is -2.19. The Bertz CT molecular complexity index is 1100. The van der Waals surface area contributed by atoms with E-state index in [1.165, 1.54) is 10.8 Å². The Labute approximate surface area is 162 Å². The minimum Gasteiger partial charge on any atom is -0.323 e. The Hall–Kier alpha value is -3.27. The average Bonchev–Trinajstić information content (AvgIpc) is 3.31. The number of anilines is 1. The highest BCUT2D eigenvalue weighted by atomic mass is 32.2. The van der Waals surface area contributed by atoms with Crippen molar-refractivity contribution in [3.05, 3.63) is 61.1 Å². The van der Waals surface area contributed by atoms with Crippen molar-refractivity contribution in [2.24, 2.45) is 0 Å². The highest BCUT2D eigenvalue weighted by Crippen LogP contribution is 2.28. The second kappa shape index (κ2) is 7.77. The summed E-state index contributed by atoms with van der Waals surface area (Å²) in [7, 11) is 0. The number of imidazole rings is 1. The molecule has 3 heterocycles. The molecule has 142 valence electrons. The highest BCUT2D eigenvalue weighted by Gasteiger charge is 2.18. The van der Waals surface area contributed by atoms with Crippen molar-refractivity contribution < 1.29 is 13.6 Å². The number of carbonyl (C=O) groups is 1. The van der Waals surface area contributed by atoms with Crippen molar-refractivity contribution in [2.75, 3.05) is 5.32 Å². The van der Waals surface area contributed by atoms with Crippen LogP contribution in [0.3, 0.4) is 0 Å². The molecule has 0 radical (unpaired) electrons. The Morgan fingerprint density at radius 2 is 2.04 bits per heavy atom. The summed E-state index contributed by atoms with van der Waals surface area (Å²) in [4.78, 5) is 20.9. The Kier molecular flexibility index (Phi) is 5.02. The summed E-state index contributed by atoms with van der Waals surface area (Å²) in [5.41, 5.74) is 1.67. The number of halogens is 2. The second-order valence-electron chi connectivity index (χ2n) is 5.75. The van der Waals surface area contributed by atoms with E-state index < -0.39 is 5.76 Å². The maximum Gasteiger partial charge on any atom is 0.291 e. The van der Waals surface area contributed by atoms with E-state index in [4.69, 9.17) is 0 Å². The molecule has 1 N–H and O–H groups in total. The maximum atomic E-state index is 12.9. The van der Waals surface area contributed by atoms with E-state index in [0.717, 1.165) is 0 Å². The molecular formula is C18H14F2N6OS. The fraction of sp³-hybridized carbons (Fsp3) is 0.111. The molecule has 3 aromatic heterocycles. The van der Waals surface area contributed by atoms with Gasteiger partial charge in [-0.25, -0.2) is 14.6 Å². The van der Waals surface area contributed by atoms with Gasteiger partial charge in [0.2, 0.25) is 5.91 Å². The van der Waals surface area contributed by atoms with Gasteiger partial charge in [-0.3, -0.25) is 4.79 Å². The number of amides is 1. The number of hydrogen-bond acceptors (Lipinski definition) is 5. The third-order valence-electron chi connectivity index (χ3n) is 3.89. The first-order chi connectivity index (χ1) is 13.6. The lowest BCUT2D eigenvalue weighted by Gasteiger charge is -2.10. The molecule has 28 heavy (non-hydrogen) atoms. The fourth-order valence-corrected chi connectivity index (χ4v) is 3.32. The number of nitrogens with zero attached hydrogens (tertiary/aromatic N) is 5. The minimum absolute atomic E-state index is 0.0958. The summed E-state index contributed by atoms with van der Waals surface area (Å²) in [6, 6.07) is 12.2. The Morgan fingerprint density at radius 1 is 1.18 bits per heavy atom. The number of para-hydroxylation sites is 2. The predicted octanol–water partition coefficient (Wildman–Crippen LogP) is 3.57. The molecule has 4 aromatic rings. The number of alkyl halides is 2. The van der Waals surface area contributed by atoms with Crippen LogP contribution < -0.4 is 5.32 Å². The normalized spacial score (nSPS) is 11.2. The van der Waals surface area contributed by atoms with Gasteiger partial charge in [0.15, 0.2) is 11.0 Å². The first-order valence-corrected chi connectivity index (χ1v) is 9.14. The van der Waals surface area contributed by atoms with E-state index in [-0.39, 0.29) is 17.6 Å². The van der Waals surface area contributed by atoms with E-state index in [0.29, 0.717) is 34.3 Å². The molecule has 1 aromatic carbocycles. The molecule has 0 spiro atoms. The molecule has 0 aliphatic rings. The molecule has 0 bridgehead atoms. The largest absolute Gasteiger partial charge is 0.323 e. The smallest absolute Gasteiger partial charge is 0.291 e. The molecule has 1 amide bonds. The van der Waals surface area contributed by atoms with Crippen molar-refractivity contribution >= 4 is 34.4 Å². The summed E-state index contributed by atoms with van der Waals surface area (Å²) in [6.45, 7) is -0.142. The van der Waals surface area contributed by atoms with E-state index in [9.17, 15) is 13.6 Å². The molecule has 0 saturated heterocycles. The van der Waals surface area contributed by atoms with Gasteiger partial charge in [-0.05, 0) is 42.1 Å². The molecular weight excluding hydrogens is 386 g/mol. The number of carbonyl (C=O) groups excluding carboxylic acids is 1. The summed E-state index contributed by atoms with van der Waals surface area (Å²) >= 11 is 0.316. The van der Waals surface area contributed by atoms with Gasteiger partial charge in [0.25, 0.3) is 5.76 Å². The van der Waals surface area contributed by atoms with E-state index >= 15 is 0 Å². The van der Waals surface area contributed by atoms with Gasteiger partial charge in [-0.2, -0.15) is 13.9 Å². The lowest BCUT2D eigenvalue weighted by molar-refractivity contribution is -0.116. The van der Waals surface area contributed by atoms with Gasteiger partial charge >= 0.3 is 0 Å². The predicted molar refractivity (Wildman–Crippen MR) is 102 cm³/mol. The van der Waals surface area contributed by atoms with Gasteiger partial charge in [0.05, 0.1) is 22.9 Å². The van der Waals surface area contributed by atoms with Crippen molar-refractivity contribution in [1.29, 1.82) is 0 Å². The van der Waals surface area contributed by atoms with Gasteiger partial charge in [-0.15, -0.1) is 0 Å². The number of hydrogen-bond donors (Lipinski definition) is 1. The fourth-order valence-electron chi connectivity index (χ4n) is 2.72. The van der Waals surface area contributed by atoms with Crippen molar-refractivity contribution in [2.45, 2.75) is 17.5 Å². The maximum absolute atomic E-state index is 12.9. The number of fused-ring (bicyclic) bond motifs is 1. The molecule has 4 rings (SSSR count). The summed E-state index contributed by atoms with van der Waals surface area (Å²) in [6.07, 6.45) is 4.91. The van der Waals surface area contributed by atoms with Gasteiger partial charge in [0.1, 0.15) is 6.54 Å². The van der Waals surface area contributed by atoms with Crippen LogP contribution >= 0.6 is 11.8 Å². The van der Waals surface area contributed by atoms with Crippen LogP contribution in [0.2, 0.25) is 0 Å². The molecule has 0 unspecified atom stereocenters. The molecule has 7 nitrogen and oxygen atoms in total. The van der Waals surface area contributed by atoms with Crippen LogP contribution in [-0.4, -0.2) is 36.0 Å². The van der Waals surface area contributed by atoms with Gasteiger partial charge in [0, 0.05) is 12.4 Å². The monoisotopic (exact) mass is 400 g/mol. The number of thioether (sulfide) groups is 1. The second-order valence-corrected chi connectivity index (χ2v) is 6.71. The third kappa shape index (κ3) is 3.86. The zero-order valence-electron chi connectivity index (χ0n) is 14.4. The van der Waals surface area contributed by atoms with Gasteiger partial charge in [-0.1, -0.05) is 12.1 Å². The van der Waals surface area contributed by atoms with Crippen molar-refractivity contribution in [3.63, 3.8) is 0 Å². The standard InChI is InChI=1S/C18H14F2N6OS/c19-17(20)28-18-24-13-4-1-2-5-14(13)25(18)11-16(27)23-12-6-7-15(21-10-12)26-9-3-8-22-26/h1-10,17H,11H2,(H,23,27). The highest BCUT2D eigenvalue weighted by molar-refractivity contribution is 7.99. The SMILES string of the molecule is O=C(Cn1c(SC(F)F)nc2ccccc21)Nc1ccc(-n2cccn2)nc1. The zero-order chi connectivity index (χ0) is 19.5. The molecule has 0 aliphatic carbocycles. The Morgan fingerprint density at radius 3 is 2.75 bits per heavy atom. The number of aromatic nitrogens is 5. The van der Waals surface area contributed by atoms with Gasteiger partial charge < -0.3 is 9.88 Å². The quantitative estimate of drug-likeness (QED) is 0.501. The third-order valence-corrected chi connectivity index (χ3v) is 4.59. The first kappa shape index (κ1) is 18.1. The number of pyridine rings is 1. The molecule has 0 atom stereocenters. The Balaban J connectivity index is 1.52. The van der Waals surface area contributed by atoms with E-state index in [1.807, 2.05) is 0 Å².